The second kappa shape index (κ2) is 7.33. The van der Waals surface area contributed by atoms with Crippen LogP contribution in [-0.2, 0) is 14.8 Å². The Morgan fingerprint density at radius 3 is 2.85 bits per heavy atom. The van der Waals surface area contributed by atoms with Gasteiger partial charge in [0.05, 0.1) is 18.2 Å². The predicted octanol–water partition coefficient (Wildman–Crippen LogP) is 0.736. The Hall–Kier alpha value is -0.730. The van der Waals surface area contributed by atoms with Gasteiger partial charge in [0, 0.05) is 32.0 Å². The van der Waals surface area contributed by atoms with Crippen molar-refractivity contribution in [2.45, 2.75) is 11.3 Å². The number of sulfonamides is 1. The van der Waals surface area contributed by atoms with Crippen LogP contribution >= 0.6 is 11.6 Å². The molecule has 0 aromatic carbocycles. The van der Waals surface area contributed by atoms with Crippen LogP contribution < -0.4 is 4.72 Å². The van der Waals surface area contributed by atoms with Gasteiger partial charge < -0.3 is 4.74 Å². The van der Waals surface area contributed by atoms with E-state index >= 15 is 0 Å². The van der Waals surface area contributed by atoms with Crippen molar-refractivity contribution in [3.05, 3.63) is 23.5 Å². The van der Waals surface area contributed by atoms with E-state index in [1.807, 2.05) is 0 Å². The summed E-state index contributed by atoms with van der Waals surface area (Å²) < 4.78 is 31.9. The summed E-state index contributed by atoms with van der Waals surface area (Å²) in [6.07, 6.45) is 3.46. The van der Waals surface area contributed by atoms with E-state index in [1.54, 1.807) is 0 Å². The number of morpholine rings is 1. The summed E-state index contributed by atoms with van der Waals surface area (Å²) in [5.41, 5.74) is 0. The first-order valence-corrected chi connectivity index (χ1v) is 8.35. The zero-order valence-corrected chi connectivity index (χ0v) is 12.7. The molecular formula is C12H18ClN3O3S. The first kappa shape index (κ1) is 15.7. The molecule has 8 heteroatoms. The van der Waals surface area contributed by atoms with E-state index in [0.717, 1.165) is 39.3 Å². The van der Waals surface area contributed by atoms with Crippen LogP contribution in [-0.4, -0.2) is 57.7 Å². The van der Waals surface area contributed by atoms with Crippen molar-refractivity contribution < 1.29 is 13.2 Å². The molecule has 0 bridgehead atoms. The Morgan fingerprint density at radius 1 is 1.40 bits per heavy atom. The minimum absolute atomic E-state index is 0.0213. The number of aromatic nitrogens is 1. The summed E-state index contributed by atoms with van der Waals surface area (Å²) in [5, 5.41) is 0.181. The fourth-order valence-electron chi connectivity index (χ4n) is 1.97. The average Bonchev–Trinajstić information content (AvgIpc) is 2.45. The van der Waals surface area contributed by atoms with Crippen LogP contribution in [0.1, 0.15) is 6.42 Å². The summed E-state index contributed by atoms with van der Waals surface area (Å²) >= 11 is 5.86. The van der Waals surface area contributed by atoms with Crippen LogP contribution in [0.15, 0.2) is 23.4 Å². The molecule has 2 rings (SSSR count). The number of nitrogens with zero attached hydrogens (tertiary/aromatic N) is 2. The third-order valence-electron chi connectivity index (χ3n) is 3.07. The van der Waals surface area contributed by atoms with E-state index in [-0.39, 0.29) is 9.92 Å². The number of pyridine rings is 1. The summed E-state index contributed by atoms with van der Waals surface area (Å²) in [4.78, 5) is 6.07. The zero-order valence-electron chi connectivity index (χ0n) is 11.1. The van der Waals surface area contributed by atoms with Crippen molar-refractivity contribution in [1.82, 2.24) is 14.6 Å². The van der Waals surface area contributed by atoms with E-state index in [0.29, 0.717) is 6.54 Å². The number of rotatable bonds is 6. The van der Waals surface area contributed by atoms with E-state index in [9.17, 15) is 8.42 Å². The van der Waals surface area contributed by atoms with Crippen LogP contribution in [0.4, 0.5) is 0 Å². The topological polar surface area (TPSA) is 71.5 Å². The Bertz CT molecular complexity index is 533. The number of hydrogen-bond donors (Lipinski definition) is 1. The van der Waals surface area contributed by atoms with E-state index in [4.69, 9.17) is 16.3 Å². The first-order chi connectivity index (χ1) is 9.59. The number of nitrogens with one attached hydrogen (secondary N) is 1. The third-order valence-corrected chi connectivity index (χ3v) is 5.00. The van der Waals surface area contributed by atoms with Crippen molar-refractivity contribution in [3.63, 3.8) is 0 Å². The molecule has 0 aliphatic carbocycles. The van der Waals surface area contributed by atoms with Crippen molar-refractivity contribution >= 4 is 21.6 Å². The highest BCUT2D eigenvalue weighted by Crippen LogP contribution is 2.18. The third kappa shape index (κ3) is 4.39. The van der Waals surface area contributed by atoms with Gasteiger partial charge in [-0.2, -0.15) is 0 Å². The molecule has 0 radical (unpaired) electrons. The van der Waals surface area contributed by atoms with Gasteiger partial charge in [-0.05, 0) is 19.0 Å². The quantitative estimate of drug-likeness (QED) is 0.783. The highest BCUT2D eigenvalue weighted by molar-refractivity contribution is 7.89. The minimum atomic E-state index is -3.58. The molecule has 0 spiro atoms. The SMILES string of the molecule is O=S(=O)(NCCCN1CCOCC1)c1cnccc1Cl. The first-order valence-electron chi connectivity index (χ1n) is 6.49. The molecule has 0 unspecified atom stereocenters. The molecule has 0 atom stereocenters. The van der Waals surface area contributed by atoms with Crippen LogP contribution in [0.5, 0.6) is 0 Å². The predicted molar refractivity (Wildman–Crippen MR) is 76.3 cm³/mol. The highest BCUT2D eigenvalue weighted by atomic mass is 35.5. The Kier molecular flexibility index (Phi) is 5.74. The molecule has 2 heterocycles. The lowest BCUT2D eigenvalue weighted by atomic mass is 10.3. The molecule has 1 aromatic rings. The lowest BCUT2D eigenvalue weighted by Crippen LogP contribution is -2.38. The fourth-order valence-corrected chi connectivity index (χ4v) is 3.48. The monoisotopic (exact) mass is 319 g/mol. The Balaban J connectivity index is 1.79. The molecule has 1 N–H and O–H groups in total. The van der Waals surface area contributed by atoms with E-state index in [1.165, 1.54) is 18.5 Å². The molecular weight excluding hydrogens is 302 g/mol. The van der Waals surface area contributed by atoms with Crippen LogP contribution in [0.2, 0.25) is 5.02 Å². The molecule has 1 fully saturated rings. The van der Waals surface area contributed by atoms with Crippen molar-refractivity contribution in [2.24, 2.45) is 0 Å². The summed E-state index contributed by atoms with van der Waals surface area (Å²) in [6.45, 7) is 4.54. The second-order valence-electron chi connectivity index (χ2n) is 4.51. The van der Waals surface area contributed by atoms with Gasteiger partial charge >= 0.3 is 0 Å². The summed E-state index contributed by atoms with van der Waals surface area (Å²) in [5.74, 6) is 0. The van der Waals surface area contributed by atoms with Crippen molar-refractivity contribution in [1.29, 1.82) is 0 Å². The van der Waals surface area contributed by atoms with Gasteiger partial charge in [-0.1, -0.05) is 11.6 Å². The normalized spacial score (nSPS) is 17.2. The summed E-state index contributed by atoms with van der Waals surface area (Å²) in [7, 11) is -3.58. The zero-order chi connectivity index (χ0) is 14.4. The number of ether oxygens (including phenoxy) is 1. The lowest BCUT2D eigenvalue weighted by Gasteiger charge is -2.26. The summed E-state index contributed by atoms with van der Waals surface area (Å²) in [6, 6.07) is 1.46. The van der Waals surface area contributed by atoms with Crippen LogP contribution in [0.3, 0.4) is 0 Å². The standard InChI is InChI=1S/C12H18ClN3O3S/c13-11-2-4-14-10-12(11)20(17,18)15-3-1-5-16-6-8-19-9-7-16/h2,4,10,15H,1,3,5-9H2. The maximum atomic E-state index is 12.0. The fraction of sp³-hybridized carbons (Fsp3) is 0.583. The van der Waals surface area contributed by atoms with Gasteiger partial charge in [0.15, 0.2) is 0 Å². The van der Waals surface area contributed by atoms with Gasteiger partial charge in [0.1, 0.15) is 4.90 Å². The van der Waals surface area contributed by atoms with Crippen molar-refractivity contribution in [3.8, 4) is 0 Å². The van der Waals surface area contributed by atoms with Crippen molar-refractivity contribution in [2.75, 3.05) is 39.4 Å². The number of halogens is 1. The molecule has 20 heavy (non-hydrogen) atoms. The van der Waals surface area contributed by atoms with Gasteiger partial charge in [0.25, 0.3) is 0 Å². The van der Waals surface area contributed by atoms with Gasteiger partial charge in [-0.3, -0.25) is 9.88 Å². The molecule has 1 saturated heterocycles. The van der Waals surface area contributed by atoms with Gasteiger partial charge in [0.2, 0.25) is 10.0 Å². The second-order valence-corrected chi connectivity index (χ2v) is 6.65. The van der Waals surface area contributed by atoms with Gasteiger partial charge in [-0.15, -0.1) is 0 Å². The largest absolute Gasteiger partial charge is 0.379 e. The molecule has 0 saturated carbocycles. The van der Waals surface area contributed by atoms with Crippen LogP contribution in [0, 0.1) is 0 Å². The molecule has 112 valence electrons. The molecule has 0 amide bonds. The maximum Gasteiger partial charge on any atom is 0.243 e. The Labute approximate surface area is 124 Å². The average molecular weight is 320 g/mol. The molecule has 1 aliphatic heterocycles. The highest BCUT2D eigenvalue weighted by Gasteiger charge is 2.17. The molecule has 6 nitrogen and oxygen atoms in total. The number of hydrogen-bond acceptors (Lipinski definition) is 5. The lowest BCUT2D eigenvalue weighted by molar-refractivity contribution is 0.0376. The van der Waals surface area contributed by atoms with Crippen LogP contribution in [0.25, 0.3) is 0 Å². The van der Waals surface area contributed by atoms with E-state index < -0.39 is 10.0 Å². The maximum absolute atomic E-state index is 12.0. The van der Waals surface area contributed by atoms with Gasteiger partial charge in [-0.25, -0.2) is 13.1 Å². The Morgan fingerprint density at radius 2 is 2.15 bits per heavy atom. The minimum Gasteiger partial charge on any atom is -0.379 e. The van der Waals surface area contributed by atoms with E-state index in [2.05, 4.69) is 14.6 Å². The molecule has 1 aliphatic rings. The smallest absolute Gasteiger partial charge is 0.243 e. The molecule has 1 aromatic heterocycles.